The zero-order chi connectivity index (χ0) is 31.9. The van der Waals surface area contributed by atoms with E-state index in [2.05, 4.69) is 5.32 Å². The maximum Gasteiger partial charge on any atom is 0.408 e. The molecule has 2 fully saturated rings. The van der Waals surface area contributed by atoms with Crippen LogP contribution in [0.5, 0.6) is 0 Å². The van der Waals surface area contributed by atoms with Gasteiger partial charge in [0.05, 0.1) is 6.54 Å². The quantitative estimate of drug-likeness (QED) is 0.374. The highest BCUT2D eigenvalue weighted by Crippen LogP contribution is 2.31. The number of hydrogen-bond acceptors (Lipinski definition) is 6. The maximum atomic E-state index is 13.8. The van der Waals surface area contributed by atoms with E-state index < -0.39 is 28.3 Å². The summed E-state index contributed by atoms with van der Waals surface area (Å²) in [6.07, 6.45) is 1.84. The van der Waals surface area contributed by atoms with Gasteiger partial charge in [0.2, 0.25) is 11.8 Å². The molecule has 3 amide bonds. The molecule has 0 aliphatic carbocycles. The van der Waals surface area contributed by atoms with Crippen molar-refractivity contribution in [3.05, 3.63) is 71.8 Å². The van der Waals surface area contributed by atoms with E-state index in [9.17, 15) is 22.8 Å². The highest BCUT2D eigenvalue weighted by atomic mass is 32.2. The zero-order valence-corrected chi connectivity index (χ0v) is 27.0. The molecule has 0 spiro atoms. The third-order valence-corrected chi connectivity index (χ3v) is 10.3. The van der Waals surface area contributed by atoms with Crippen LogP contribution in [0.4, 0.5) is 4.79 Å². The van der Waals surface area contributed by atoms with Crippen molar-refractivity contribution in [2.45, 2.75) is 84.5 Å². The SMILES string of the molecule is CC(C)C[C@H]1CN(C(=O)CCc2ccccc2)S(=O)(=O)N1C[C@@H]1CCCN1C(=O)[C@@H](NC(=O)OCc1ccccc1)C(C)C. The van der Waals surface area contributed by atoms with Gasteiger partial charge in [-0.05, 0) is 48.6 Å². The van der Waals surface area contributed by atoms with E-state index in [0.29, 0.717) is 25.8 Å². The molecule has 0 radical (unpaired) electrons. The lowest BCUT2D eigenvalue weighted by atomic mass is 10.0. The second-order valence-corrected chi connectivity index (χ2v) is 14.3. The molecule has 2 saturated heterocycles. The van der Waals surface area contributed by atoms with Crippen LogP contribution in [-0.4, -0.2) is 77.6 Å². The van der Waals surface area contributed by atoms with E-state index in [1.807, 2.05) is 88.4 Å². The first-order valence-electron chi connectivity index (χ1n) is 15.6. The molecule has 4 rings (SSSR count). The van der Waals surface area contributed by atoms with Crippen molar-refractivity contribution in [3.63, 3.8) is 0 Å². The number of carbonyl (C=O) groups is 3. The van der Waals surface area contributed by atoms with Crippen LogP contribution >= 0.6 is 0 Å². The predicted octanol–water partition coefficient (Wildman–Crippen LogP) is 4.36. The van der Waals surface area contributed by atoms with E-state index in [1.165, 1.54) is 4.31 Å². The van der Waals surface area contributed by atoms with Crippen molar-refractivity contribution in [1.29, 1.82) is 0 Å². The Morgan fingerprint density at radius 1 is 0.932 bits per heavy atom. The van der Waals surface area contributed by atoms with Crippen molar-refractivity contribution in [2.75, 3.05) is 19.6 Å². The Morgan fingerprint density at radius 2 is 1.57 bits per heavy atom. The van der Waals surface area contributed by atoms with Gasteiger partial charge in [-0.15, -0.1) is 0 Å². The molecule has 2 aromatic carbocycles. The van der Waals surface area contributed by atoms with Gasteiger partial charge in [0.15, 0.2) is 0 Å². The van der Waals surface area contributed by atoms with Crippen LogP contribution in [0.2, 0.25) is 0 Å². The van der Waals surface area contributed by atoms with Crippen LogP contribution in [-0.2, 0) is 37.6 Å². The van der Waals surface area contributed by atoms with Gasteiger partial charge in [0.1, 0.15) is 12.6 Å². The summed E-state index contributed by atoms with van der Waals surface area (Å²) in [5.74, 6) is -0.667. The molecule has 240 valence electrons. The summed E-state index contributed by atoms with van der Waals surface area (Å²) < 4.78 is 35.5. The van der Waals surface area contributed by atoms with Crippen LogP contribution < -0.4 is 5.32 Å². The average Bonchev–Trinajstić information content (AvgIpc) is 3.56. The monoisotopic (exact) mass is 626 g/mol. The fraction of sp³-hybridized carbons (Fsp3) is 0.545. The topological polar surface area (TPSA) is 116 Å². The van der Waals surface area contributed by atoms with Crippen molar-refractivity contribution in [3.8, 4) is 0 Å². The lowest BCUT2D eigenvalue weighted by Crippen LogP contribution is -2.55. The fourth-order valence-corrected chi connectivity index (χ4v) is 7.88. The molecule has 3 atom stereocenters. The number of rotatable bonds is 12. The second-order valence-electron chi connectivity index (χ2n) is 12.5. The smallest absolute Gasteiger partial charge is 0.408 e. The molecule has 2 aliphatic rings. The first-order valence-corrected chi connectivity index (χ1v) is 17.0. The van der Waals surface area contributed by atoms with E-state index in [0.717, 1.165) is 21.9 Å². The lowest BCUT2D eigenvalue weighted by Gasteiger charge is -2.33. The number of alkyl carbamates (subject to hydrolysis) is 1. The van der Waals surface area contributed by atoms with Crippen LogP contribution in [0.25, 0.3) is 0 Å². The molecule has 0 saturated carbocycles. The number of nitrogens with zero attached hydrogens (tertiary/aromatic N) is 3. The minimum atomic E-state index is -4.06. The number of carbonyl (C=O) groups excluding carboxylic acids is 3. The first-order chi connectivity index (χ1) is 21.0. The van der Waals surface area contributed by atoms with Gasteiger partial charge in [0, 0.05) is 31.6 Å². The summed E-state index contributed by atoms with van der Waals surface area (Å²) in [7, 11) is -4.06. The highest BCUT2D eigenvalue weighted by molar-refractivity contribution is 7.87. The van der Waals surface area contributed by atoms with Crippen LogP contribution in [0, 0.1) is 11.8 Å². The minimum absolute atomic E-state index is 0.0860. The molecule has 0 aromatic heterocycles. The summed E-state index contributed by atoms with van der Waals surface area (Å²) >= 11 is 0. The molecule has 0 bridgehead atoms. The standard InChI is InChI=1S/C33H46N4O6S/c1-24(2)20-29-22-37(30(38)18-17-26-12-7-5-8-13-26)44(41,42)36(29)21-28-16-11-19-35(28)32(39)31(25(3)4)34-33(40)43-23-27-14-9-6-10-15-27/h5-10,12-15,24-25,28-29,31H,11,16-23H2,1-4H3,(H,34,40)/t28-,29-,31-/m0/s1. The second kappa shape index (κ2) is 15.0. The molecule has 44 heavy (non-hydrogen) atoms. The predicted molar refractivity (Wildman–Crippen MR) is 168 cm³/mol. The lowest BCUT2D eigenvalue weighted by molar-refractivity contribution is -0.135. The van der Waals surface area contributed by atoms with E-state index in [1.54, 1.807) is 4.90 Å². The Kier molecular flexibility index (Phi) is 11.4. The molecular weight excluding hydrogens is 580 g/mol. The van der Waals surface area contributed by atoms with Crippen molar-refractivity contribution >= 4 is 28.1 Å². The van der Waals surface area contributed by atoms with Crippen molar-refractivity contribution < 1.29 is 27.5 Å². The number of aryl methyl sites for hydroxylation is 1. The number of ether oxygens (including phenoxy) is 1. The van der Waals surface area contributed by atoms with Gasteiger partial charge in [-0.2, -0.15) is 12.7 Å². The average molecular weight is 627 g/mol. The van der Waals surface area contributed by atoms with Crippen LogP contribution in [0.1, 0.15) is 64.5 Å². The normalized spacial score (nSPS) is 20.7. The van der Waals surface area contributed by atoms with Crippen molar-refractivity contribution in [2.24, 2.45) is 11.8 Å². The molecule has 1 N–H and O–H groups in total. The van der Waals surface area contributed by atoms with Gasteiger partial charge < -0.3 is 15.0 Å². The van der Waals surface area contributed by atoms with E-state index in [4.69, 9.17) is 4.74 Å². The molecular formula is C33H46N4O6S. The molecule has 0 unspecified atom stereocenters. The minimum Gasteiger partial charge on any atom is -0.445 e. The van der Waals surface area contributed by atoms with E-state index in [-0.39, 0.29) is 55.9 Å². The van der Waals surface area contributed by atoms with Gasteiger partial charge in [-0.25, -0.2) is 9.10 Å². The van der Waals surface area contributed by atoms with Gasteiger partial charge in [-0.3, -0.25) is 9.59 Å². The summed E-state index contributed by atoms with van der Waals surface area (Å²) in [4.78, 5) is 41.4. The summed E-state index contributed by atoms with van der Waals surface area (Å²) in [6, 6.07) is 17.3. The fourth-order valence-electron chi connectivity index (χ4n) is 6.03. The molecule has 2 heterocycles. The van der Waals surface area contributed by atoms with Crippen LogP contribution in [0.15, 0.2) is 60.7 Å². The summed E-state index contributed by atoms with van der Waals surface area (Å²) in [6.45, 7) is 8.55. The third-order valence-electron chi connectivity index (χ3n) is 8.32. The van der Waals surface area contributed by atoms with Gasteiger partial charge in [0.25, 0.3) is 0 Å². The Bertz CT molecular complexity index is 1370. The number of likely N-dealkylation sites (tertiary alicyclic amines) is 1. The molecule has 2 aromatic rings. The molecule has 11 heteroatoms. The Balaban J connectivity index is 1.44. The number of benzene rings is 2. The van der Waals surface area contributed by atoms with Crippen molar-refractivity contribution in [1.82, 2.24) is 18.8 Å². The summed E-state index contributed by atoms with van der Waals surface area (Å²) in [5.41, 5.74) is 1.82. The largest absolute Gasteiger partial charge is 0.445 e. The van der Waals surface area contributed by atoms with Gasteiger partial charge in [-0.1, -0.05) is 88.4 Å². The molecule has 10 nitrogen and oxygen atoms in total. The number of nitrogens with one attached hydrogen (secondary N) is 1. The Hall–Kier alpha value is -3.44. The molecule has 2 aliphatic heterocycles. The highest BCUT2D eigenvalue weighted by Gasteiger charge is 2.48. The number of amides is 3. The zero-order valence-electron chi connectivity index (χ0n) is 26.2. The van der Waals surface area contributed by atoms with Gasteiger partial charge >= 0.3 is 16.3 Å². The maximum absolute atomic E-state index is 13.8. The third kappa shape index (κ3) is 8.38. The van der Waals surface area contributed by atoms with Crippen LogP contribution in [0.3, 0.4) is 0 Å². The first kappa shape index (κ1) is 33.5. The number of hydrogen-bond donors (Lipinski definition) is 1. The Labute approximate surface area is 261 Å². The Morgan fingerprint density at radius 3 is 2.18 bits per heavy atom. The van der Waals surface area contributed by atoms with E-state index >= 15 is 0 Å². The summed E-state index contributed by atoms with van der Waals surface area (Å²) in [5, 5.41) is 2.74.